The van der Waals surface area contributed by atoms with Gasteiger partial charge < -0.3 is 24.6 Å². The zero-order valence-electron chi connectivity index (χ0n) is 20.1. The number of ether oxygens (including phenoxy) is 1. The average Bonchev–Trinajstić information content (AvgIpc) is 3.41. The van der Waals surface area contributed by atoms with Gasteiger partial charge in [-0.3, -0.25) is 4.79 Å². The van der Waals surface area contributed by atoms with Crippen LogP contribution in [0.5, 0.6) is 5.75 Å². The van der Waals surface area contributed by atoms with E-state index in [1.807, 2.05) is 22.6 Å². The van der Waals surface area contributed by atoms with Gasteiger partial charge in [-0.05, 0) is 61.9 Å². The number of imidazole rings is 1. The largest absolute Gasteiger partial charge is 0.573 e. The van der Waals surface area contributed by atoms with Crippen LogP contribution < -0.4 is 10.1 Å². The van der Waals surface area contributed by atoms with Crippen molar-refractivity contribution in [2.24, 2.45) is 13.0 Å². The summed E-state index contributed by atoms with van der Waals surface area (Å²) in [5.74, 6) is 0.722. The number of amides is 1. The predicted octanol–water partition coefficient (Wildman–Crippen LogP) is 5.45. The number of aliphatic hydroxyl groups excluding tert-OH is 1. The molecule has 0 saturated carbocycles. The number of aryl methyl sites for hydroxylation is 1. The van der Waals surface area contributed by atoms with Gasteiger partial charge in [0.15, 0.2) is 5.13 Å². The van der Waals surface area contributed by atoms with E-state index in [0.717, 1.165) is 31.2 Å². The second-order valence-electron chi connectivity index (χ2n) is 9.12. The lowest BCUT2D eigenvalue weighted by Crippen LogP contribution is -2.38. The van der Waals surface area contributed by atoms with E-state index in [4.69, 9.17) is 5.11 Å². The van der Waals surface area contributed by atoms with E-state index in [2.05, 4.69) is 20.0 Å². The molecule has 8 nitrogen and oxygen atoms in total. The standard InChI is InChI=1S/C25H26F3N5O3S/c1-32-20-7-4-16(22(35)33-10-8-15(9-11-33)3-2-12-34)13-19(20)29-23(32)31-24-30-18-6-5-17(14-21(18)37-24)36-25(26,27)28/h4-7,13-15,34H,2-3,8-12H2,1H3,(H,29,30,31). The number of rotatable bonds is 7. The third kappa shape index (κ3) is 5.64. The first-order valence-electron chi connectivity index (χ1n) is 12.0. The Morgan fingerprint density at radius 2 is 1.95 bits per heavy atom. The molecule has 4 aromatic rings. The fourth-order valence-electron chi connectivity index (χ4n) is 4.68. The predicted molar refractivity (Wildman–Crippen MR) is 135 cm³/mol. The number of thiazole rings is 1. The van der Waals surface area contributed by atoms with Gasteiger partial charge in [0.25, 0.3) is 5.91 Å². The second kappa shape index (κ2) is 10.2. The first-order valence-corrected chi connectivity index (χ1v) is 12.8. The molecule has 37 heavy (non-hydrogen) atoms. The number of hydrogen-bond donors (Lipinski definition) is 2. The van der Waals surface area contributed by atoms with E-state index in [1.165, 1.54) is 29.5 Å². The third-order valence-corrected chi connectivity index (χ3v) is 7.55. The van der Waals surface area contributed by atoms with Gasteiger partial charge in [0.05, 0.1) is 21.3 Å². The van der Waals surface area contributed by atoms with Gasteiger partial charge in [-0.25, -0.2) is 9.97 Å². The zero-order chi connectivity index (χ0) is 26.2. The van der Waals surface area contributed by atoms with Gasteiger partial charge in [0, 0.05) is 38.4 Å². The Morgan fingerprint density at radius 1 is 1.16 bits per heavy atom. The third-order valence-electron chi connectivity index (χ3n) is 6.61. The Bertz CT molecular complexity index is 1430. The summed E-state index contributed by atoms with van der Waals surface area (Å²) < 4.78 is 44.0. The van der Waals surface area contributed by atoms with Crippen LogP contribution in [0.1, 0.15) is 36.0 Å². The zero-order valence-corrected chi connectivity index (χ0v) is 20.9. The number of nitrogens with zero attached hydrogens (tertiary/aromatic N) is 4. The van der Waals surface area contributed by atoms with E-state index in [9.17, 15) is 18.0 Å². The minimum Gasteiger partial charge on any atom is -0.406 e. The highest BCUT2D eigenvalue weighted by molar-refractivity contribution is 7.22. The molecule has 1 saturated heterocycles. The molecule has 1 aliphatic rings. The van der Waals surface area contributed by atoms with E-state index in [0.29, 0.717) is 51.4 Å². The molecule has 0 radical (unpaired) electrons. The first-order chi connectivity index (χ1) is 17.7. The smallest absolute Gasteiger partial charge is 0.406 e. The van der Waals surface area contributed by atoms with Crippen LogP contribution in [0.25, 0.3) is 21.3 Å². The first kappa shape index (κ1) is 25.3. The molecule has 1 aliphatic heterocycles. The van der Waals surface area contributed by atoms with Gasteiger partial charge >= 0.3 is 6.36 Å². The summed E-state index contributed by atoms with van der Waals surface area (Å²) in [7, 11) is 1.83. The van der Waals surface area contributed by atoms with Gasteiger partial charge in [-0.15, -0.1) is 13.2 Å². The molecule has 2 aromatic carbocycles. The minimum atomic E-state index is -4.76. The Labute approximate surface area is 214 Å². The maximum atomic E-state index is 13.1. The summed E-state index contributed by atoms with van der Waals surface area (Å²) in [5, 5.41) is 12.6. The van der Waals surface area contributed by atoms with Crippen LogP contribution in [0.4, 0.5) is 24.3 Å². The van der Waals surface area contributed by atoms with Crippen molar-refractivity contribution in [1.82, 2.24) is 19.4 Å². The molecule has 12 heteroatoms. The van der Waals surface area contributed by atoms with Gasteiger partial charge in [-0.2, -0.15) is 0 Å². The van der Waals surface area contributed by atoms with Crippen molar-refractivity contribution >= 4 is 49.6 Å². The molecule has 0 spiro atoms. The number of aliphatic hydroxyl groups is 1. The summed E-state index contributed by atoms with van der Waals surface area (Å²) >= 11 is 1.19. The maximum absolute atomic E-state index is 13.1. The second-order valence-corrected chi connectivity index (χ2v) is 10.2. The van der Waals surface area contributed by atoms with Crippen LogP contribution in [-0.2, 0) is 7.05 Å². The van der Waals surface area contributed by atoms with Crippen LogP contribution in [0.2, 0.25) is 0 Å². The molecule has 0 atom stereocenters. The van der Waals surface area contributed by atoms with Crippen LogP contribution in [-0.4, -0.2) is 56.5 Å². The number of aromatic nitrogens is 3. The fourth-order valence-corrected chi connectivity index (χ4v) is 5.57. The van der Waals surface area contributed by atoms with Crippen molar-refractivity contribution in [3.8, 4) is 5.75 Å². The monoisotopic (exact) mass is 533 g/mol. The SMILES string of the molecule is Cn1c(Nc2nc3ccc(OC(F)(F)F)cc3s2)nc2cc(C(=O)N3CCC(CCCO)CC3)ccc21. The van der Waals surface area contributed by atoms with Crippen LogP contribution in [0, 0.1) is 5.92 Å². The molecular formula is C25H26F3N5O3S. The van der Waals surface area contributed by atoms with Crippen LogP contribution in [0.15, 0.2) is 36.4 Å². The van der Waals surface area contributed by atoms with Crippen molar-refractivity contribution in [3.05, 3.63) is 42.0 Å². The number of hydrogen-bond acceptors (Lipinski definition) is 7. The molecule has 2 aromatic heterocycles. The molecule has 0 bridgehead atoms. The molecule has 1 amide bonds. The summed E-state index contributed by atoms with van der Waals surface area (Å²) in [6, 6.07) is 9.43. The molecule has 0 unspecified atom stereocenters. The van der Waals surface area contributed by atoms with E-state index < -0.39 is 6.36 Å². The summed E-state index contributed by atoms with van der Waals surface area (Å²) in [6.45, 7) is 1.61. The number of fused-ring (bicyclic) bond motifs is 2. The Balaban J connectivity index is 1.31. The topological polar surface area (TPSA) is 92.5 Å². The van der Waals surface area contributed by atoms with E-state index >= 15 is 0 Å². The molecule has 5 rings (SSSR count). The number of benzene rings is 2. The molecule has 196 valence electrons. The fraction of sp³-hybridized carbons (Fsp3) is 0.400. The molecule has 1 fully saturated rings. The van der Waals surface area contributed by atoms with Crippen LogP contribution >= 0.6 is 11.3 Å². The highest BCUT2D eigenvalue weighted by Gasteiger charge is 2.31. The highest BCUT2D eigenvalue weighted by atomic mass is 32.1. The summed E-state index contributed by atoms with van der Waals surface area (Å²) in [5.41, 5.74) is 2.58. The van der Waals surface area contributed by atoms with E-state index in [-0.39, 0.29) is 18.3 Å². The van der Waals surface area contributed by atoms with Crippen molar-refractivity contribution in [2.45, 2.75) is 32.0 Å². The van der Waals surface area contributed by atoms with Crippen molar-refractivity contribution in [2.75, 3.05) is 25.0 Å². The number of alkyl halides is 3. The number of likely N-dealkylation sites (tertiary alicyclic amines) is 1. The quantitative estimate of drug-likeness (QED) is 0.328. The number of carbonyl (C=O) groups is 1. The normalized spacial score (nSPS) is 15.0. The lowest BCUT2D eigenvalue weighted by molar-refractivity contribution is -0.274. The Kier molecular flexibility index (Phi) is 6.95. The minimum absolute atomic E-state index is 0.0225. The van der Waals surface area contributed by atoms with Gasteiger partial charge in [0.1, 0.15) is 5.75 Å². The summed E-state index contributed by atoms with van der Waals surface area (Å²) in [6.07, 6.45) is -1.08. The summed E-state index contributed by atoms with van der Waals surface area (Å²) in [4.78, 5) is 24.0. The van der Waals surface area contributed by atoms with E-state index in [1.54, 1.807) is 12.1 Å². The van der Waals surface area contributed by atoms with Crippen molar-refractivity contribution in [3.63, 3.8) is 0 Å². The highest BCUT2D eigenvalue weighted by Crippen LogP contribution is 2.33. The Hall–Kier alpha value is -3.38. The molecule has 0 aliphatic carbocycles. The van der Waals surface area contributed by atoms with Crippen LogP contribution in [0.3, 0.4) is 0 Å². The number of piperidine rings is 1. The number of carbonyl (C=O) groups excluding carboxylic acids is 1. The van der Waals surface area contributed by atoms with Gasteiger partial charge in [-0.1, -0.05) is 11.3 Å². The Morgan fingerprint density at radius 3 is 2.68 bits per heavy atom. The average molecular weight is 534 g/mol. The lowest BCUT2D eigenvalue weighted by atomic mass is 9.92. The van der Waals surface area contributed by atoms with Gasteiger partial charge in [0.2, 0.25) is 5.95 Å². The van der Waals surface area contributed by atoms with Crippen molar-refractivity contribution in [1.29, 1.82) is 0 Å². The number of nitrogens with one attached hydrogen (secondary N) is 1. The number of anilines is 2. The molecular weight excluding hydrogens is 507 g/mol. The lowest BCUT2D eigenvalue weighted by Gasteiger charge is -2.32. The molecule has 3 heterocycles. The number of halogens is 3. The maximum Gasteiger partial charge on any atom is 0.573 e. The molecule has 2 N–H and O–H groups in total. The van der Waals surface area contributed by atoms with Crippen molar-refractivity contribution < 1.29 is 27.8 Å².